The monoisotopic (exact) mass is 235 g/mol. The lowest BCUT2D eigenvalue weighted by atomic mass is 10.1. The van der Waals surface area contributed by atoms with Gasteiger partial charge in [-0.3, -0.25) is 14.9 Å². The topological polar surface area (TPSA) is 84.3 Å². The Hall–Kier alpha value is -1.95. The first kappa shape index (κ1) is 11.5. The predicted molar refractivity (Wildman–Crippen MR) is 62.7 cm³/mol. The lowest BCUT2D eigenvalue weighted by molar-refractivity contribution is -0.384. The Kier molecular flexibility index (Phi) is 3.34. The lowest BCUT2D eigenvalue weighted by Gasteiger charge is -2.09. The number of hydrogen-bond acceptors (Lipinski definition) is 4. The number of nitrogens with one attached hydrogen (secondary N) is 2. The van der Waals surface area contributed by atoms with Gasteiger partial charge in [-0.05, 0) is 25.1 Å². The van der Waals surface area contributed by atoms with Gasteiger partial charge in [0, 0.05) is 24.4 Å². The van der Waals surface area contributed by atoms with Gasteiger partial charge in [0.25, 0.3) is 5.69 Å². The number of carbonyl (C=O) groups excluding carboxylic acids is 1. The summed E-state index contributed by atoms with van der Waals surface area (Å²) in [5.41, 5.74) is 0.609. The van der Waals surface area contributed by atoms with Crippen molar-refractivity contribution in [3.63, 3.8) is 0 Å². The third kappa shape index (κ3) is 2.79. The van der Waals surface area contributed by atoms with Crippen molar-refractivity contribution in [2.45, 2.75) is 6.42 Å². The Morgan fingerprint density at radius 3 is 2.65 bits per heavy atom. The quantitative estimate of drug-likeness (QED) is 0.607. The van der Waals surface area contributed by atoms with E-state index in [1.54, 1.807) is 12.1 Å². The molecule has 0 aromatic heterocycles. The summed E-state index contributed by atoms with van der Waals surface area (Å²) < 4.78 is 0. The van der Waals surface area contributed by atoms with Gasteiger partial charge in [0.1, 0.15) is 0 Å². The molecule has 0 aliphatic carbocycles. The standard InChI is InChI=1S/C11H13N3O3/c15-11(8-5-6-12-7-8)13-9-1-3-10(4-2-9)14(16)17/h1-4,8,12H,5-7H2,(H,13,15). The van der Waals surface area contributed by atoms with Crippen LogP contribution in [0.15, 0.2) is 24.3 Å². The summed E-state index contributed by atoms with van der Waals surface area (Å²) in [4.78, 5) is 21.7. The molecule has 1 heterocycles. The van der Waals surface area contributed by atoms with Gasteiger partial charge in [0.15, 0.2) is 0 Å². The predicted octanol–water partition coefficient (Wildman–Crippen LogP) is 1.14. The van der Waals surface area contributed by atoms with Crippen LogP contribution in [0.5, 0.6) is 0 Å². The van der Waals surface area contributed by atoms with E-state index < -0.39 is 4.92 Å². The van der Waals surface area contributed by atoms with Crippen LogP contribution in [-0.2, 0) is 4.79 Å². The number of nitro benzene ring substituents is 1. The van der Waals surface area contributed by atoms with E-state index >= 15 is 0 Å². The van der Waals surface area contributed by atoms with Crippen LogP contribution in [0.4, 0.5) is 11.4 Å². The second-order valence-corrected chi connectivity index (χ2v) is 3.98. The Bertz CT molecular complexity index is 424. The average molecular weight is 235 g/mol. The van der Waals surface area contributed by atoms with Crippen molar-refractivity contribution in [2.75, 3.05) is 18.4 Å². The Morgan fingerprint density at radius 1 is 1.41 bits per heavy atom. The van der Waals surface area contributed by atoms with E-state index in [2.05, 4.69) is 10.6 Å². The minimum Gasteiger partial charge on any atom is -0.326 e. The molecule has 2 rings (SSSR count). The van der Waals surface area contributed by atoms with Crippen molar-refractivity contribution in [1.29, 1.82) is 0 Å². The maximum absolute atomic E-state index is 11.7. The molecule has 1 unspecified atom stereocenters. The molecule has 0 radical (unpaired) electrons. The number of anilines is 1. The fourth-order valence-electron chi connectivity index (χ4n) is 1.79. The molecular weight excluding hydrogens is 222 g/mol. The summed E-state index contributed by atoms with van der Waals surface area (Å²) in [6, 6.07) is 5.84. The number of rotatable bonds is 3. The van der Waals surface area contributed by atoms with E-state index in [0.29, 0.717) is 12.2 Å². The van der Waals surface area contributed by atoms with Crippen LogP contribution in [0.3, 0.4) is 0 Å². The van der Waals surface area contributed by atoms with Crippen molar-refractivity contribution in [3.05, 3.63) is 34.4 Å². The molecule has 2 N–H and O–H groups in total. The minimum absolute atomic E-state index is 0.00908. The number of nitrogens with zero attached hydrogens (tertiary/aromatic N) is 1. The molecule has 0 spiro atoms. The number of non-ortho nitro benzene ring substituents is 1. The van der Waals surface area contributed by atoms with E-state index in [9.17, 15) is 14.9 Å². The molecule has 1 saturated heterocycles. The van der Waals surface area contributed by atoms with Crippen LogP contribution in [0.1, 0.15) is 6.42 Å². The molecule has 6 nitrogen and oxygen atoms in total. The number of amides is 1. The molecule has 1 aliphatic heterocycles. The van der Waals surface area contributed by atoms with Crippen molar-refractivity contribution in [3.8, 4) is 0 Å². The second-order valence-electron chi connectivity index (χ2n) is 3.98. The number of hydrogen-bond donors (Lipinski definition) is 2. The van der Waals surface area contributed by atoms with Crippen molar-refractivity contribution in [1.82, 2.24) is 5.32 Å². The van der Waals surface area contributed by atoms with Crippen LogP contribution in [0.2, 0.25) is 0 Å². The Balaban J connectivity index is 1.98. The van der Waals surface area contributed by atoms with Gasteiger partial charge in [-0.1, -0.05) is 0 Å². The smallest absolute Gasteiger partial charge is 0.269 e. The Labute approximate surface area is 98.2 Å². The highest BCUT2D eigenvalue weighted by Crippen LogP contribution is 2.17. The van der Waals surface area contributed by atoms with Crippen LogP contribution in [0, 0.1) is 16.0 Å². The molecule has 1 aromatic rings. The van der Waals surface area contributed by atoms with Gasteiger partial charge in [-0.15, -0.1) is 0 Å². The van der Waals surface area contributed by atoms with Gasteiger partial charge in [-0.25, -0.2) is 0 Å². The third-order valence-corrected chi connectivity index (χ3v) is 2.78. The van der Waals surface area contributed by atoms with Gasteiger partial charge < -0.3 is 10.6 Å². The van der Waals surface area contributed by atoms with Crippen LogP contribution >= 0.6 is 0 Å². The summed E-state index contributed by atoms with van der Waals surface area (Å²) in [7, 11) is 0. The molecule has 90 valence electrons. The van der Waals surface area contributed by atoms with E-state index in [0.717, 1.165) is 13.0 Å². The highest BCUT2D eigenvalue weighted by atomic mass is 16.6. The SMILES string of the molecule is O=C(Nc1ccc([N+](=O)[O-])cc1)C1CCNC1. The first-order chi connectivity index (χ1) is 8.16. The van der Waals surface area contributed by atoms with Crippen molar-refractivity contribution in [2.24, 2.45) is 5.92 Å². The summed E-state index contributed by atoms with van der Waals surface area (Å²) in [6.07, 6.45) is 0.832. The van der Waals surface area contributed by atoms with Gasteiger partial charge in [0.05, 0.1) is 10.8 Å². The van der Waals surface area contributed by atoms with Crippen molar-refractivity contribution >= 4 is 17.3 Å². The van der Waals surface area contributed by atoms with Gasteiger partial charge in [0.2, 0.25) is 5.91 Å². The molecule has 1 aromatic carbocycles. The maximum atomic E-state index is 11.7. The van der Waals surface area contributed by atoms with Gasteiger partial charge in [-0.2, -0.15) is 0 Å². The van der Waals surface area contributed by atoms with Crippen LogP contribution in [-0.4, -0.2) is 23.9 Å². The van der Waals surface area contributed by atoms with Crippen molar-refractivity contribution < 1.29 is 9.72 Å². The second kappa shape index (κ2) is 4.92. The summed E-state index contributed by atoms with van der Waals surface area (Å²) in [6.45, 7) is 1.55. The van der Waals surface area contributed by atoms with Crippen LogP contribution < -0.4 is 10.6 Å². The summed E-state index contributed by atoms with van der Waals surface area (Å²) in [5, 5.41) is 16.3. The maximum Gasteiger partial charge on any atom is 0.269 e. The molecule has 17 heavy (non-hydrogen) atoms. The Morgan fingerprint density at radius 2 is 2.12 bits per heavy atom. The molecule has 0 saturated carbocycles. The molecule has 0 bridgehead atoms. The minimum atomic E-state index is -0.466. The zero-order valence-corrected chi connectivity index (χ0v) is 9.18. The highest BCUT2D eigenvalue weighted by molar-refractivity contribution is 5.92. The number of benzene rings is 1. The normalized spacial score (nSPS) is 18.9. The largest absolute Gasteiger partial charge is 0.326 e. The zero-order valence-electron chi connectivity index (χ0n) is 9.18. The molecular formula is C11H13N3O3. The van der Waals surface area contributed by atoms with E-state index in [4.69, 9.17) is 0 Å². The number of nitro groups is 1. The van der Waals surface area contributed by atoms with E-state index in [1.165, 1.54) is 12.1 Å². The van der Waals surface area contributed by atoms with Crippen LogP contribution in [0.25, 0.3) is 0 Å². The summed E-state index contributed by atoms with van der Waals surface area (Å²) >= 11 is 0. The van der Waals surface area contributed by atoms with E-state index in [-0.39, 0.29) is 17.5 Å². The number of carbonyl (C=O) groups is 1. The molecule has 1 amide bonds. The fourth-order valence-corrected chi connectivity index (χ4v) is 1.79. The average Bonchev–Trinajstić information content (AvgIpc) is 2.83. The first-order valence-corrected chi connectivity index (χ1v) is 5.43. The fraction of sp³-hybridized carbons (Fsp3) is 0.364. The molecule has 1 atom stereocenters. The third-order valence-electron chi connectivity index (χ3n) is 2.78. The lowest BCUT2D eigenvalue weighted by Crippen LogP contribution is -2.24. The highest BCUT2D eigenvalue weighted by Gasteiger charge is 2.22. The van der Waals surface area contributed by atoms with E-state index in [1.807, 2.05) is 0 Å². The molecule has 6 heteroatoms. The first-order valence-electron chi connectivity index (χ1n) is 5.43. The summed E-state index contributed by atoms with van der Waals surface area (Å²) in [5.74, 6) is -0.0472. The molecule has 1 aliphatic rings. The van der Waals surface area contributed by atoms with Gasteiger partial charge >= 0.3 is 0 Å². The zero-order chi connectivity index (χ0) is 12.3. The molecule has 1 fully saturated rings.